The number of fused-ring (bicyclic) bond motifs is 1. The Morgan fingerprint density at radius 1 is 1.00 bits per heavy atom. The Bertz CT molecular complexity index is 656. The summed E-state index contributed by atoms with van der Waals surface area (Å²) in [6.45, 7) is 2.06. The highest BCUT2D eigenvalue weighted by Crippen LogP contribution is 2.40. The smallest absolute Gasteiger partial charge is 0.200 e. The number of aryl methyl sites for hydroxylation is 1. The lowest BCUT2D eigenvalue weighted by atomic mass is 10.1. The second kappa shape index (κ2) is 4.46. The highest BCUT2D eigenvalue weighted by Gasteiger charge is 2.25. The summed E-state index contributed by atoms with van der Waals surface area (Å²) in [5, 5.41) is 0. The summed E-state index contributed by atoms with van der Waals surface area (Å²) in [6, 6.07) is 15.9. The molecule has 0 N–H and O–H groups in total. The van der Waals surface area contributed by atoms with Crippen LogP contribution in [0.3, 0.4) is 0 Å². The van der Waals surface area contributed by atoms with Crippen LogP contribution in [-0.2, 0) is 0 Å². The van der Waals surface area contributed by atoms with Crippen LogP contribution in [0, 0.1) is 6.92 Å². The van der Waals surface area contributed by atoms with Crippen LogP contribution in [0.4, 0.5) is 0 Å². The molecule has 2 heteroatoms. The van der Waals surface area contributed by atoms with E-state index in [0.717, 1.165) is 20.9 Å². The van der Waals surface area contributed by atoms with Gasteiger partial charge in [0, 0.05) is 10.5 Å². The van der Waals surface area contributed by atoms with Crippen molar-refractivity contribution in [3.05, 3.63) is 70.1 Å². The quantitative estimate of drug-likeness (QED) is 0.703. The molecule has 3 rings (SSSR count). The molecule has 0 fully saturated rings. The van der Waals surface area contributed by atoms with E-state index in [1.165, 1.54) is 5.56 Å². The number of Topliss-reactive ketones (excluding diaryl/α,β-unsaturated/α-hetero) is 1. The lowest BCUT2D eigenvalue weighted by molar-refractivity contribution is 0.104. The van der Waals surface area contributed by atoms with E-state index in [4.69, 9.17) is 0 Å². The Labute approximate surface area is 111 Å². The molecule has 18 heavy (non-hydrogen) atoms. The van der Waals surface area contributed by atoms with Gasteiger partial charge in [-0.1, -0.05) is 48.2 Å². The molecule has 2 aromatic rings. The van der Waals surface area contributed by atoms with Crippen molar-refractivity contribution in [3.8, 4) is 0 Å². The number of thioether (sulfide) groups is 1. The average Bonchev–Trinajstić information content (AvgIpc) is 2.70. The summed E-state index contributed by atoms with van der Waals surface area (Å²) in [7, 11) is 0. The lowest BCUT2D eigenvalue weighted by Gasteiger charge is -2.00. The highest BCUT2D eigenvalue weighted by atomic mass is 32.2. The Kier molecular flexibility index (Phi) is 2.80. The molecule has 0 bridgehead atoms. The molecule has 0 aliphatic carbocycles. The lowest BCUT2D eigenvalue weighted by Crippen LogP contribution is -1.93. The molecule has 0 amide bonds. The molecular weight excluding hydrogens is 240 g/mol. The van der Waals surface area contributed by atoms with Gasteiger partial charge in [0.25, 0.3) is 0 Å². The molecular formula is C16H12OS. The van der Waals surface area contributed by atoms with Crippen LogP contribution in [0.25, 0.3) is 6.08 Å². The maximum Gasteiger partial charge on any atom is 0.200 e. The van der Waals surface area contributed by atoms with Crippen molar-refractivity contribution in [1.82, 2.24) is 0 Å². The van der Waals surface area contributed by atoms with Gasteiger partial charge in [0.2, 0.25) is 5.78 Å². The van der Waals surface area contributed by atoms with Crippen LogP contribution in [0.1, 0.15) is 21.5 Å². The van der Waals surface area contributed by atoms with Gasteiger partial charge in [0.05, 0.1) is 4.91 Å². The normalized spacial score (nSPS) is 16.1. The number of carbonyl (C=O) groups excluding carboxylic acids is 1. The van der Waals surface area contributed by atoms with Crippen molar-refractivity contribution < 1.29 is 4.79 Å². The summed E-state index contributed by atoms with van der Waals surface area (Å²) >= 11 is 1.56. The van der Waals surface area contributed by atoms with Crippen molar-refractivity contribution in [2.45, 2.75) is 11.8 Å². The minimum absolute atomic E-state index is 0.138. The Morgan fingerprint density at radius 3 is 2.50 bits per heavy atom. The van der Waals surface area contributed by atoms with Crippen LogP contribution in [0.5, 0.6) is 0 Å². The summed E-state index contributed by atoms with van der Waals surface area (Å²) in [5.41, 5.74) is 3.12. The third-order valence-electron chi connectivity index (χ3n) is 3.05. The topological polar surface area (TPSA) is 17.1 Å². The third kappa shape index (κ3) is 1.89. The van der Waals surface area contributed by atoms with Gasteiger partial charge in [-0.3, -0.25) is 4.79 Å². The van der Waals surface area contributed by atoms with Crippen LogP contribution < -0.4 is 0 Å². The summed E-state index contributed by atoms with van der Waals surface area (Å²) in [4.78, 5) is 14.1. The van der Waals surface area contributed by atoms with Crippen LogP contribution in [-0.4, -0.2) is 5.78 Å². The van der Waals surface area contributed by atoms with Gasteiger partial charge in [-0.05, 0) is 36.3 Å². The molecule has 0 saturated heterocycles. The van der Waals surface area contributed by atoms with Crippen LogP contribution in [0.2, 0.25) is 0 Å². The van der Waals surface area contributed by atoms with Crippen molar-refractivity contribution in [2.75, 3.05) is 0 Å². The summed E-state index contributed by atoms with van der Waals surface area (Å²) < 4.78 is 0. The number of allylic oxidation sites excluding steroid dienone is 1. The van der Waals surface area contributed by atoms with Gasteiger partial charge in [-0.15, -0.1) is 0 Å². The van der Waals surface area contributed by atoms with Gasteiger partial charge >= 0.3 is 0 Å². The Morgan fingerprint density at radius 2 is 1.72 bits per heavy atom. The van der Waals surface area contributed by atoms with E-state index in [2.05, 4.69) is 13.0 Å². The second-order valence-corrected chi connectivity index (χ2v) is 5.38. The molecule has 1 heterocycles. The Balaban J connectivity index is 2.02. The Hall–Kier alpha value is -1.80. The van der Waals surface area contributed by atoms with E-state index in [0.29, 0.717) is 0 Å². The number of hydrogen-bond donors (Lipinski definition) is 0. The zero-order valence-corrected chi connectivity index (χ0v) is 10.8. The number of carbonyl (C=O) groups is 1. The van der Waals surface area contributed by atoms with E-state index < -0.39 is 0 Å². The first-order chi connectivity index (χ1) is 8.75. The molecule has 0 saturated carbocycles. The number of ketones is 1. The average molecular weight is 252 g/mol. The van der Waals surface area contributed by atoms with Gasteiger partial charge in [-0.25, -0.2) is 0 Å². The number of hydrogen-bond acceptors (Lipinski definition) is 2. The third-order valence-corrected chi connectivity index (χ3v) is 4.15. The predicted molar refractivity (Wildman–Crippen MR) is 75.8 cm³/mol. The maximum absolute atomic E-state index is 12.2. The van der Waals surface area contributed by atoms with Crippen molar-refractivity contribution >= 4 is 23.6 Å². The first kappa shape index (κ1) is 11.3. The standard InChI is InChI=1S/C16H12OS/c1-11-6-2-3-7-12(11)10-15-16(17)13-8-4-5-9-14(13)18-15/h2-10H,1H3/b15-10-. The van der Waals surface area contributed by atoms with Crippen LogP contribution in [0.15, 0.2) is 58.3 Å². The van der Waals surface area contributed by atoms with Crippen LogP contribution >= 0.6 is 11.8 Å². The van der Waals surface area contributed by atoms with E-state index in [1.807, 2.05) is 48.5 Å². The zero-order valence-electron chi connectivity index (χ0n) is 10.0. The largest absolute Gasteiger partial charge is 0.288 e. The fourth-order valence-electron chi connectivity index (χ4n) is 2.03. The first-order valence-corrected chi connectivity index (χ1v) is 6.66. The zero-order chi connectivity index (χ0) is 12.5. The van der Waals surface area contributed by atoms with Crippen molar-refractivity contribution in [3.63, 3.8) is 0 Å². The summed E-state index contributed by atoms with van der Waals surface area (Å²) in [6.07, 6.45) is 1.99. The molecule has 88 valence electrons. The van der Waals surface area contributed by atoms with Crippen molar-refractivity contribution in [2.24, 2.45) is 0 Å². The fraction of sp³-hybridized carbons (Fsp3) is 0.0625. The number of rotatable bonds is 1. The number of benzene rings is 2. The van der Waals surface area contributed by atoms with E-state index in [9.17, 15) is 4.79 Å². The van der Waals surface area contributed by atoms with E-state index in [-0.39, 0.29) is 5.78 Å². The fourth-order valence-corrected chi connectivity index (χ4v) is 3.07. The molecule has 0 spiro atoms. The van der Waals surface area contributed by atoms with E-state index >= 15 is 0 Å². The molecule has 2 aromatic carbocycles. The molecule has 0 unspecified atom stereocenters. The van der Waals surface area contributed by atoms with Gasteiger partial charge in [0.15, 0.2) is 0 Å². The van der Waals surface area contributed by atoms with E-state index in [1.54, 1.807) is 11.8 Å². The SMILES string of the molecule is Cc1ccccc1/C=C1\Sc2ccccc2C1=O. The molecule has 1 nitrogen and oxygen atoms in total. The second-order valence-electron chi connectivity index (χ2n) is 4.29. The van der Waals surface area contributed by atoms with Gasteiger partial charge in [-0.2, -0.15) is 0 Å². The van der Waals surface area contributed by atoms with Gasteiger partial charge < -0.3 is 0 Å². The maximum atomic E-state index is 12.2. The predicted octanol–water partition coefficient (Wildman–Crippen LogP) is 4.32. The molecule has 0 atom stereocenters. The van der Waals surface area contributed by atoms with Gasteiger partial charge in [0.1, 0.15) is 0 Å². The summed E-state index contributed by atoms with van der Waals surface area (Å²) in [5.74, 6) is 0.138. The molecule has 1 aliphatic rings. The highest BCUT2D eigenvalue weighted by molar-refractivity contribution is 8.04. The minimum Gasteiger partial charge on any atom is -0.288 e. The molecule has 0 aromatic heterocycles. The minimum atomic E-state index is 0.138. The van der Waals surface area contributed by atoms with Crippen molar-refractivity contribution in [1.29, 1.82) is 0 Å². The molecule has 0 radical (unpaired) electrons. The first-order valence-electron chi connectivity index (χ1n) is 5.84. The monoisotopic (exact) mass is 252 g/mol. The molecule has 1 aliphatic heterocycles.